The zero-order valence-corrected chi connectivity index (χ0v) is 24.9. The SMILES string of the molecule is CN(C)c1cc(CNCC(C)(C)C)c(N=O)c2c1C[C@H]1C[C@H]3[C@H](N(C)C)C(=O)C(C(N)=O)=C(O)[C@@]3(O)C(N=O)=C1C2=O. The zero-order chi connectivity index (χ0) is 31.5. The van der Waals surface area contributed by atoms with Crippen LogP contribution in [-0.4, -0.2) is 79.0 Å². The third-order valence-electron chi connectivity index (χ3n) is 8.42. The fourth-order valence-electron chi connectivity index (χ4n) is 6.68. The van der Waals surface area contributed by atoms with Gasteiger partial charge in [-0.05, 0) is 65.8 Å². The van der Waals surface area contributed by atoms with Crippen molar-refractivity contribution in [1.82, 2.24) is 10.2 Å². The number of benzene rings is 1. The average Bonchev–Trinajstić information content (AvgIpc) is 2.87. The Hall–Kier alpha value is -3.81. The Morgan fingerprint density at radius 2 is 1.81 bits per heavy atom. The number of nitrogens with two attached hydrogens (primary N) is 1. The molecule has 0 bridgehead atoms. The summed E-state index contributed by atoms with van der Waals surface area (Å²) in [6, 6.07) is 0.658. The number of fused-ring (bicyclic) bond motifs is 3. The lowest BCUT2D eigenvalue weighted by Crippen LogP contribution is -2.62. The number of carbonyl (C=O) groups is 3. The van der Waals surface area contributed by atoms with Crippen LogP contribution in [0.15, 0.2) is 39.0 Å². The molecule has 1 aromatic carbocycles. The van der Waals surface area contributed by atoms with E-state index in [-0.39, 0.29) is 41.6 Å². The Labute approximate surface area is 243 Å². The van der Waals surface area contributed by atoms with Gasteiger partial charge in [-0.3, -0.25) is 19.3 Å². The van der Waals surface area contributed by atoms with E-state index in [9.17, 15) is 34.4 Å². The lowest BCUT2D eigenvalue weighted by molar-refractivity contribution is -0.134. The summed E-state index contributed by atoms with van der Waals surface area (Å²) in [5.41, 5.74) is 2.59. The number of primary amides is 1. The zero-order valence-electron chi connectivity index (χ0n) is 24.9. The van der Waals surface area contributed by atoms with E-state index in [4.69, 9.17) is 5.73 Å². The minimum absolute atomic E-state index is 0.00662. The Bertz CT molecular complexity index is 1450. The number of carbonyl (C=O) groups excluding carboxylic acids is 3. The first-order valence-corrected chi connectivity index (χ1v) is 13.7. The molecule has 13 nitrogen and oxygen atoms in total. The molecular formula is C29H38N6O7. The summed E-state index contributed by atoms with van der Waals surface area (Å²) in [5.74, 6) is -5.75. The smallest absolute Gasteiger partial charge is 0.255 e. The summed E-state index contributed by atoms with van der Waals surface area (Å²) in [6.45, 7) is 7.01. The summed E-state index contributed by atoms with van der Waals surface area (Å²) < 4.78 is 0. The third kappa shape index (κ3) is 4.74. The number of ketones is 2. The molecule has 13 heteroatoms. The number of nitroso groups, excluding NO2 is 2. The van der Waals surface area contributed by atoms with Gasteiger partial charge in [0.25, 0.3) is 5.91 Å². The van der Waals surface area contributed by atoms with Gasteiger partial charge in [-0.15, -0.1) is 9.81 Å². The molecular weight excluding hydrogens is 544 g/mol. The predicted molar refractivity (Wildman–Crippen MR) is 156 cm³/mol. The molecule has 4 atom stereocenters. The molecule has 0 radical (unpaired) electrons. The number of rotatable bonds is 8. The van der Waals surface area contributed by atoms with Gasteiger partial charge in [-0.2, -0.15) is 0 Å². The van der Waals surface area contributed by atoms with Gasteiger partial charge in [0.1, 0.15) is 22.7 Å². The van der Waals surface area contributed by atoms with Gasteiger partial charge in [0.15, 0.2) is 17.2 Å². The maximum atomic E-state index is 14.3. The fraction of sp³-hybridized carbons (Fsp3) is 0.552. The average molecular weight is 583 g/mol. The van der Waals surface area contributed by atoms with E-state index in [0.717, 1.165) is 0 Å². The van der Waals surface area contributed by atoms with Gasteiger partial charge < -0.3 is 26.2 Å². The highest BCUT2D eigenvalue weighted by molar-refractivity contribution is 6.22. The molecule has 0 saturated carbocycles. The topological polar surface area (TPSA) is 195 Å². The molecule has 1 aromatic rings. The highest BCUT2D eigenvalue weighted by Gasteiger charge is 2.62. The quantitative estimate of drug-likeness (QED) is 0.261. The van der Waals surface area contributed by atoms with Crippen LogP contribution in [0.4, 0.5) is 11.4 Å². The number of amides is 1. The summed E-state index contributed by atoms with van der Waals surface area (Å²) in [5, 5.41) is 32.7. The number of Topliss-reactive ketones (excluding diaryl/α,β-unsaturated/α-hetero) is 2. The van der Waals surface area contributed by atoms with Crippen LogP contribution in [0.3, 0.4) is 0 Å². The Morgan fingerprint density at radius 1 is 1.17 bits per heavy atom. The summed E-state index contributed by atoms with van der Waals surface area (Å²) in [4.78, 5) is 67.9. The Balaban J connectivity index is 2.00. The number of likely N-dealkylation sites (N-methyl/N-ethyl adjacent to an activating group) is 1. The lowest BCUT2D eigenvalue weighted by Gasteiger charge is -2.50. The molecule has 0 heterocycles. The predicted octanol–water partition coefficient (Wildman–Crippen LogP) is 2.22. The Kier molecular flexibility index (Phi) is 8.00. The lowest BCUT2D eigenvalue weighted by atomic mass is 9.58. The van der Waals surface area contributed by atoms with Crippen molar-refractivity contribution in [3.63, 3.8) is 0 Å². The largest absolute Gasteiger partial charge is 0.508 e. The number of nitrogens with one attached hydrogen (secondary N) is 1. The molecule has 0 spiro atoms. The summed E-state index contributed by atoms with van der Waals surface area (Å²) in [6.07, 6.45) is 0.168. The van der Waals surface area contributed by atoms with Crippen LogP contribution < -0.4 is 16.0 Å². The van der Waals surface area contributed by atoms with E-state index in [1.54, 1.807) is 28.2 Å². The fourth-order valence-corrected chi connectivity index (χ4v) is 6.68. The highest BCUT2D eigenvalue weighted by Crippen LogP contribution is 2.55. The van der Waals surface area contributed by atoms with Crippen LogP contribution in [0.1, 0.15) is 48.7 Å². The minimum atomic E-state index is -2.64. The molecule has 42 heavy (non-hydrogen) atoms. The van der Waals surface area contributed by atoms with E-state index >= 15 is 0 Å². The van der Waals surface area contributed by atoms with Gasteiger partial charge in [-0.25, -0.2) is 0 Å². The third-order valence-corrected chi connectivity index (χ3v) is 8.42. The normalized spacial score (nSPS) is 25.7. The first-order valence-electron chi connectivity index (χ1n) is 13.7. The summed E-state index contributed by atoms with van der Waals surface area (Å²) in [7, 11) is 6.72. The number of anilines is 1. The number of aliphatic hydroxyl groups excluding tert-OH is 1. The van der Waals surface area contributed by atoms with Crippen molar-refractivity contribution in [2.24, 2.45) is 33.3 Å². The second kappa shape index (κ2) is 10.8. The summed E-state index contributed by atoms with van der Waals surface area (Å²) >= 11 is 0. The molecule has 0 unspecified atom stereocenters. The first-order chi connectivity index (χ1) is 19.5. The molecule has 5 N–H and O–H groups in total. The second-order valence-corrected chi connectivity index (χ2v) is 13.0. The molecule has 0 fully saturated rings. The number of aliphatic hydroxyl groups is 2. The number of hydrogen-bond donors (Lipinski definition) is 4. The molecule has 1 amide bonds. The van der Waals surface area contributed by atoms with Crippen molar-refractivity contribution in [2.45, 2.75) is 51.8 Å². The Morgan fingerprint density at radius 3 is 2.31 bits per heavy atom. The molecule has 3 aliphatic carbocycles. The van der Waals surface area contributed by atoms with Crippen molar-refractivity contribution in [1.29, 1.82) is 0 Å². The van der Waals surface area contributed by atoms with Crippen LogP contribution in [-0.2, 0) is 22.6 Å². The molecule has 3 aliphatic rings. The number of allylic oxidation sites excluding steroid dienone is 1. The second-order valence-electron chi connectivity index (χ2n) is 13.0. The maximum absolute atomic E-state index is 14.3. The number of hydrogen-bond acceptors (Lipinski definition) is 12. The van der Waals surface area contributed by atoms with Crippen molar-refractivity contribution in [2.75, 3.05) is 39.6 Å². The van der Waals surface area contributed by atoms with Crippen LogP contribution in [0.2, 0.25) is 0 Å². The molecule has 4 rings (SSSR count). The van der Waals surface area contributed by atoms with Crippen LogP contribution >= 0.6 is 0 Å². The maximum Gasteiger partial charge on any atom is 0.255 e. The van der Waals surface area contributed by atoms with Crippen molar-refractivity contribution < 1.29 is 24.6 Å². The number of nitrogens with zero attached hydrogens (tertiary/aromatic N) is 4. The highest BCUT2D eigenvalue weighted by atomic mass is 16.3. The van der Waals surface area contributed by atoms with Gasteiger partial charge in [-0.1, -0.05) is 20.8 Å². The minimum Gasteiger partial charge on any atom is -0.508 e. The van der Waals surface area contributed by atoms with Crippen LogP contribution in [0.5, 0.6) is 0 Å². The monoisotopic (exact) mass is 582 g/mol. The van der Waals surface area contributed by atoms with Crippen LogP contribution in [0, 0.1) is 27.1 Å². The molecule has 226 valence electrons. The van der Waals surface area contributed by atoms with E-state index in [1.165, 1.54) is 4.90 Å². The van der Waals surface area contributed by atoms with Gasteiger partial charge >= 0.3 is 0 Å². The van der Waals surface area contributed by atoms with Crippen LogP contribution in [0.25, 0.3) is 0 Å². The first kappa shape index (κ1) is 31.1. The van der Waals surface area contributed by atoms with E-state index in [2.05, 4.69) is 36.4 Å². The van der Waals surface area contributed by atoms with Crippen molar-refractivity contribution in [3.8, 4) is 0 Å². The van der Waals surface area contributed by atoms with Gasteiger partial charge in [0.2, 0.25) is 0 Å². The standard InChI is InChI=1S/C29H38N6O7/c1-28(2,3)12-31-11-14-10-17(34(4)5)15-8-13-9-16-22(35(6)7)24(37)20(27(30)39)26(38)29(16,40)25(33-42)18(13)23(36)19(15)21(14)32-41/h10,13,16,22,31,38,40H,8-9,11-12H2,1-7H3,(H2,30,39)/t13-,16-,22-,29-/m0/s1. The van der Waals surface area contributed by atoms with Crippen molar-refractivity contribution in [3.05, 3.63) is 55.2 Å². The van der Waals surface area contributed by atoms with Gasteiger partial charge in [0.05, 0.1) is 11.6 Å². The van der Waals surface area contributed by atoms with Gasteiger partial charge in [0, 0.05) is 44.4 Å². The molecule has 0 aromatic heterocycles. The molecule has 0 saturated heterocycles. The van der Waals surface area contributed by atoms with Crippen molar-refractivity contribution >= 4 is 28.8 Å². The van der Waals surface area contributed by atoms with E-state index in [1.807, 2.05) is 11.0 Å². The molecule has 0 aliphatic heterocycles. The van der Waals surface area contributed by atoms with E-state index in [0.29, 0.717) is 23.4 Å². The van der Waals surface area contributed by atoms with E-state index < -0.39 is 58.0 Å².